The lowest BCUT2D eigenvalue weighted by molar-refractivity contribution is 0.0483. The molecule has 0 amide bonds. The van der Waals surface area contributed by atoms with E-state index in [0.717, 1.165) is 10.8 Å². The van der Waals surface area contributed by atoms with Crippen LogP contribution in [-0.2, 0) is 4.74 Å². The van der Waals surface area contributed by atoms with Gasteiger partial charge in [-0.2, -0.15) is 0 Å². The first kappa shape index (κ1) is 18.5. The van der Waals surface area contributed by atoms with Crippen molar-refractivity contribution < 1.29 is 14.6 Å². The monoisotopic (exact) mass is 363 g/mol. The van der Waals surface area contributed by atoms with E-state index in [4.69, 9.17) is 4.74 Å². The minimum absolute atomic E-state index is 0.0310. The van der Waals surface area contributed by atoms with Crippen molar-refractivity contribution in [1.29, 1.82) is 0 Å². The molecule has 3 rings (SSSR count). The Balaban J connectivity index is 1.89. The van der Waals surface area contributed by atoms with Crippen LogP contribution >= 0.6 is 0 Å². The van der Waals surface area contributed by atoms with Crippen LogP contribution in [0.2, 0.25) is 0 Å². The molecule has 1 N–H and O–H groups in total. The van der Waals surface area contributed by atoms with Crippen molar-refractivity contribution in [3.63, 3.8) is 0 Å². The molecule has 0 aliphatic rings. The standard InChI is InChI=1S/C21H21N3O3/c1-24(2)13-14-27-21(26)17-9-5-6-10-18(17)22-23-20-16-8-4-3-7-15(16)11-12-19(20)25/h3-12,25H,13-14H2,1-2H3. The van der Waals surface area contributed by atoms with E-state index in [1.165, 1.54) is 0 Å². The summed E-state index contributed by atoms with van der Waals surface area (Å²) in [6.07, 6.45) is 0. The number of likely N-dealkylation sites (N-methyl/N-ethyl adjacent to an activating group) is 1. The second-order valence-corrected chi connectivity index (χ2v) is 6.31. The maximum atomic E-state index is 12.3. The molecule has 0 saturated heterocycles. The van der Waals surface area contributed by atoms with Crippen molar-refractivity contribution in [3.05, 3.63) is 66.2 Å². The van der Waals surface area contributed by atoms with E-state index < -0.39 is 5.97 Å². The fourth-order valence-corrected chi connectivity index (χ4v) is 2.58. The molecule has 0 fully saturated rings. The van der Waals surface area contributed by atoms with Crippen LogP contribution in [0.25, 0.3) is 10.8 Å². The number of phenols is 1. The Bertz CT molecular complexity index is 983. The van der Waals surface area contributed by atoms with Crippen molar-refractivity contribution in [2.75, 3.05) is 27.2 Å². The zero-order valence-corrected chi connectivity index (χ0v) is 15.3. The van der Waals surface area contributed by atoms with E-state index in [9.17, 15) is 9.90 Å². The first-order chi connectivity index (χ1) is 13.1. The molecule has 0 saturated carbocycles. The van der Waals surface area contributed by atoms with Crippen LogP contribution in [0.4, 0.5) is 11.4 Å². The van der Waals surface area contributed by atoms with E-state index >= 15 is 0 Å². The number of carbonyl (C=O) groups excluding carboxylic acids is 1. The molecule has 6 nitrogen and oxygen atoms in total. The van der Waals surface area contributed by atoms with Gasteiger partial charge in [0.15, 0.2) is 0 Å². The summed E-state index contributed by atoms with van der Waals surface area (Å²) in [5, 5.41) is 20.3. The number of hydrogen-bond acceptors (Lipinski definition) is 6. The average Bonchev–Trinajstić information content (AvgIpc) is 2.67. The lowest BCUT2D eigenvalue weighted by atomic mass is 10.1. The van der Waals surface area contributed by atoms with E-state index in [2.05, 4.69) is 10.2 Å². The van der Waals surface area contributed by atoms with Gasteiger partial charge in [0.2, 0.25) is 0 Å². The zero-order valence-electron chi connectivity index (χ0n) is 15.3. The van der Waals surface area contributed by atoms with E-state index in [1.54, 1.807) is 30.3 Å². The van der Waals surface area contributed by atoms with Gasteiger partial charge in [-0.25, -0.2) is 4.79 Å². The van der Waals surface area contributed by atoms with Gasteiger partial charge in [-0.15, -0.1) is 10.2 Å². The molecule has 0 aromatic heterocycles. The third-order valence-electron chi connectivity index (χ3n) is 4.03. The van der Waals surface area contributed by atoms with Gasteiger partial charge < -0.3 is 14.7 Å². The van der Waals surface area contributed by atoms with Crippen molar-refractivity contribution in [1.82, 2.24) is 4.90 Å². The summed E-state index contributed by atoms with van der Waals surface area (Å²) in [5.74, 6) is -0.419. The minimum atomic E-state index is -0.450. The van der Waals surface area contributed by atoms with Crippen molar-refractivity contribution in [3.8, 4) is 5.75 Å². The molecule has 0 unspecified atom stereocenters. The van der Waals surface area contributed by atoms with Crippen molar-refractivity contribution >= 4 is 28.1 Å². The van der Waals surface area contributed by atoms with Crippen LogP contribution in [0, 0.1) is 0 Å². The van der Waals surface area contributed by atoms with Gasteiger partial charge in [0, 0.05) is 11.9 Å². The summed E-state index contributed by atoms with van der Waals surface area (Å²) in [5.41, 5.74) is 1.09. The lowest BCUT2D eigenvalue weighted by Gasteiger charge is -2.10. The molecule has 0 radical (unpaired) electrons. The SMILES string of the molecule is CN(C)CCOC(=O)c1ccccc1N=Nc1c(O)ccc2ccccc12. The van der Waals surface area contributed by atoms with Crippen LogP contribution in [0.15, 0.2) is 70.9 Å². The van der Waals surface area contributed by atoms with Gasteiger partial charge in [0.05, 0.1) is 5.56 Å². The molecule has 0 aliphatic carbocycles. The van der Waals surface area contributed by atoms with Gasteiger partial charge >= 0.3 is 5.97 Å². The number of phenolic OH excluding ortho intramolecular Hbond substituents is 1. The van der Waals surface area contributed by atoms with Crippen LogP contribution in [0.3, 0.4) is 0 Å². The van der Waals surface area contributed by atoms with Crippen LogP contribution in [-0.4, -0.2) is 43.2 Å². The lowest BCUT2D eigenvalue weighted by Crippen LogP contribution is -2.20. The number of aromatic hydroxyl groups is 1. The number of carbonyl (C=O) groups is 1. The summed E-state index contributed by atoms with van der Waals surface area (Å²) in [7, 11) is 3.82. The minimum Gasteiger partial charge on any atom is -0.506 e. The van der Waals surface area contributed by atoms with Gasteiger partial charge in [0.1, 0.15) is 23.7 Å². The number of rotatable bonds is 6. The molecule has 0 atom stereocenters. The molecule has 3 aromatic carbocycles. The first-order valence-electron chi connectivity index (χ1n) is 8.59. The summed E-state index contributed by atoms with van der Waals surface area (Å²) < 4.78 is 5.29. The number of ether oxygens (including phenoxy) is 1. The Morgan fingerprint density at radius 2 is 1.74 bits per heavy atom. The Morgan fingerprint density at radius 3 is 2.56 bits per heavy atom. The molecule has 0 spiro atoms. The largest absolute Gasteiger partial charge is 0.506 e. The van der Waals surface area contributed by atoms with Crippen LogP contribution in [0.1, 0.15) is 10.4 Å². The van der Waals surface area contributed by atoms with E-state index in [-0.39, 0.29) is 5.75 Å². The quantitative estimate of drug-likeness (QED) is 0.510. The summed E-state index contributed by atoms with van der Waals surface area (Å²) in [6.45, 7) is 0.931. The third kappa shape index (κ3) is 4.48. The van der Waals surface area contributed by atoms with Gasteiger partial charge in [-0.05, 0) is 37.7 Å². The fraction of sp³-hybridized carbons (Fsp3) is 0.190. The number of fused-ring (bicyclic) bond motifs is 1. The Labute approximate surface area is 157 Å². The predicted octanol–water partition coefficient (Wildman–Crippen LogP) is 4.68. The number of benzene rings is 3. The molecule has 0 bridgehead atoms. The molecule has 0 heterocycles. The third-order valence-corrected chi connectivity index (χ3v) is 4.03. The molecule has 6 heteroatoms. The van der Waals surface area contributed by atoms with E-state index in [0.29, 0.717) is 30.1 Å². The van der Waals surface area contributed by atoms with Crippen molar-refractivity contribution in [2.45, 2.75) is 0 Å². The Kier molecular flexibility index (Phi) is 5.78. The maximum Gasteiger partial charge on any atom is 0.340 e. The van der Waals surface area contributed by atoms with Crippen LogP contribution in [0.5, 0.6) is 5.75 Å². The summed E-state index contributed by atoms with van der Waals surface area (Å²) in [4.78, 5) is 14.3. The number of nitrogens with zero attached hydrogens (tertiary/aromatic N) is 3. The highest BCUT2D eigenvalue weighted by molar-refractivity contribution is 5.96. The molecule has 3 aromatic rings. The molecule has 0 aliphatic heterocycles. The first-order valence-corrected chi connectivity index (χ1v) is 8.59. The predicted molar refractivity (Wildman–Crippen MR) is 105 cm³/mol. The van der Waals surface area contributed by atoms with Gasteiger partial charge in [0.25, 0.3) is 0 Å². The number of esters is 1. The zero-order chi connectivity index (χ0) is 19.2. The van der Waals surface area contributed by atoms with Crippen LogP contribution < -0.4 is 0 Å². The summed E-state index contributed by atoms with van der Waals surface area (Å²) in [6, 6.07) is 17.8. The highest BCUT2D eigenvalue weighted by Gasteiger charge is 2.13. The fourth-order valence-electron chi connectivity index (χ4n) is 2.58. The highest BCUT2D eigenvalue weighted by atomic mass is 16.5. The van der Waals surface area contributed by atoms with Gasteiger partial charge in [-0.3, -0.25) is 0 Å². The smallest absolute Gasteiger partial charge is 0.340 e. The topological polar surface area (TPSA) is 74.5 Å². The van der Waals surface area contributed by atoms with E-state index in [1.807, 2.05) is 49.3 Å². The Morgan fingerprint density at radius 1 is 1.00 bits per heavy atom. The molecular weight excluding hydrogens is 342 g/mol. The molecule has 138 valence electrons. The molecule has 27 heavy (non-hydrogen) atoms. The number of hydrogen-bond donors (Lipinski definition) is 1. The normalized spacial score (nSPS) is 11.4. The second kappa shape index (κ2) is 8.42. The number of azo groups is 1. The summed E-state index contributed by atoms with van der Waals surface area (Å²) >= 11 is 0. The average molecular weight is 363 g/mol. The molecular formula is C21H21N3O3. The highest BCUT2D eigenvalue weighted by Crippen LogP contribution is 2.36. The van der Waals surface area contributed by atoms with Gasteiger partial charge in [-0.1, -0.05) is 42.5 Å². The maximum absolute atomic E-state index is 12.3. The Hall–Kier alpha value is -3.25. The van der Waals surface area contributed by atoms with Crippen molar-refractivity contribution in [2.24, 2.45) is 10.2 Å². The second-order valence-electron chi connectivity index (χ2n) is 6.31.